The SMILES string of the molecule is CC1(C)CCN(S(=O)(=O)c2ccc(NN)c([N+](=O)[O-])c2)C1. The van der Waals surface area contributed by atoms with Gasteiger partial charge in [-0.2, -0.15) is 4.31 Å². The molecule has 1 fully saturated rings. The number of nitrogen functional groups attached to an aromatic ring is 1. The van der Waals surface area contributed by atoms with Crippen molar-refractivity contribution in [2.75, 3.05) is 18.5 Å². The maximum absolute atomic E-state index is 12.5. The van der Waals surface area contributed by atoms with Crippen molar-refractivity contribution < 1.29 is 13.3 Å². The normalized spacial score (nSPS) is 18.6. The lowest BCUT2D eigenvalue weighted by atomic mass is 9.93. The van der Waals surface area contributed by atoms with Crippen LogP contribution in [0.25, 0.3) is 0 Å². The molecule has 0 radical (unpaired) electrons. The summed E-state index contributed by atoms with van der Waals surface area (Å²) in [7, 11) is -3.73. The van der Waals surface area contributed by atoms with E-state index in [1.54, 1.807) is 0 Å². The summed E-state index contributed by atoms with van der Waals surface area (Å²) in [6, 6.07) is 3.66. The second kappa shape index (κ2) is 5.24. The summed E-state index contributed by atoms with van der Waals surface area (Å²) in [4.78, 5) is 10.2. The Hall–Kier alpha value is -1.71. The molecule has 2 rings (SSSR count). The number of benzene rings is 1. The smallest absolute Gasteiger partial charge is 0.294 e. The van der Waals surface area contributed by atoms with Crippen LogP contribution in [-0.4, -0.2) is 30.7 Å². The molecule has 8 nitrogen and oxygen atoms in total. The number of anilines is 1. The van der Waals surface area contributed by atoms with E-state index in [2.05, 4.69) is 5.43 Å². The average molecular weight is 314 g/mol. The highest BCUT2D eigenvalue weighted by molar-refractivity contribution is 7.89. The van der Waals surface area contributed by atoms with Gasteiger partial charge in [-0.3, -0.25) is 16.0 Å². The van der Waals surface area contributed by atoms with Crippen LogP contribution >= 0.6 is 0 Å². The Labute approximate surface area is 123 Å². The van der Waals surface area contributed by atoms with Crippen molar-refractivity contribution in [1.82, 2.24) is 4.31 Å². The summed E-state index contributed by atoms with van der Waals surface area (Å²) in [6.45, 7) is 4.80. The molecule has 0 bridgehead atoms. The maximum atomic E-state index is 12.5. The topological polar surface area (TPSA) is 119 Å². The van der Waals surface area contributed by atoms with Gasteiger partial charge in [0.15, 0.2) is 0 Å². The summed E-state index contributed by atoms with van der Waals surface area (Å²) in [5.74, 6) is 5.19. The Bertz CT molecular complexity index is 672. The number of nitrogens with zero attached hydrogens (tertiary/aromatic N) is 2. The second-order valence-corrected chi connectivity index (χ2v) is 7.77. The monoisotopic (exact) mass is 314 g/mol. The molecule has 0 spiro atoms. The standard InChI is InChI=1S/C12H18N4O4S/c1-12(2)5-6-15(8-12)21(19,20)9-3-4-10(14-13)11(7-9)16(17)18/h3-4,7,14H,5-6,8,13H2,1-2H3. The molecule has 21 heavy (non-hydrogen) atoms. The lowest BCUT2D eigenvalue weighted by Gasteiger charge is -2.19. The first kappa shape index (κ1) is 15.7. The van der Waals surface area contributed by atoms with Crippen LogP contribution in [0.3, 0.4) is 0 Å². The van der Waals surface area contributed by atoms with Crippen molar-refractivity contribution in [3.8, 4) is 0 Å². The van der Waals surface area contributed by atoms with Crippen LogP contribution in [0.4, 0.5) is 11.4 Å². The van der Waals surface area contributed by atoms with Gasteiger partial charge >= 0.3 is 0 Å². The number of hydrogen-bond donors (Lipinski definition) is 2. The molecule has 1 aliphatic heterocycles. The number of sulfonamides is 1. The van der Waals surface area contributed by atoms with Gasteiger partial charge in [-0.25, -0.2) is 8.42 Å². The summed E-state index contributed by atoms with van der Waals surface area (Å²) in [6.07, 6.45) is 0.761. The van der Waals surface area contributed by atoms with Gasteiger partial charge in [0.1, 0.15) is 5.69 Å². The quantitative estimate of drug-likeness (QED) is 0.491. The van der Waals surface area contributed by atoms with Gasteiger partial charge in [-0.1, -0.05) is 13.8 Å². The number of rotatable bonds is 4. The highest BCUT2D eigenvalue weighted by atomic mass is 32.2. The van der Waals surface area contributed by atoms with Crippen molar-refractivity contribution >= 4 is 21.4 Å². The lowest BCUT2D eigenvalue weighted by Crippen LogP contribution is -2.30. The van der Waals surface area contributed by atoms with E-state index in [1.807, 2.05) is 13.8 Å². The van der Waals surface area contributed by atoms with Gasteiger partial charge in [-0.15, -0.1) is 0 Å². The molecule has 0 unspecified atom stereocenters. The van der Waals surface area contributed by atoms with Gasteiger partial charge in [0.05, 0.1) is 9.82 Å². The van der Waals surface area contributed by atoms with Crippen molar-refractivity contribution in [3.63, 3.8) is 0 Å². The zero-order valence-electron chi connectivity index (χ0n) is 11.9. The number of nitrogens with two attached hydrogens (primary N) is 1. The predicted molar refractivity (Wildman–Crippen MR) is 78.1 cm³/mol. The fourth-order valence-electron chi connectivity index (χ4n) is 2.36. The molecular formula is C12H18N4O4S. The molecular weight excluding hydrogens is 296 g/mol. The third-order valence-electron chi connectivity index (χ3n) is 3.60. The first-order chi connectivity index (χ1) is 9.67. The van der Waals surface area contributed by atoms with Crippen LogP contribution in [0.2, 0.25) is 0 Å². The van der Waals surface area contributed by atoms with E-state index in [0.717, 1.165) is 12.5 Å². The van der Waals surface area contributed by atoms with Crippen LogP contribution < -0.4 is 11.3 Å². The van der Waals surface area contributed by atoms with Gasteiger partial charge in [-0.05, 0) is 24.0 Å². The fraction of sp³-hybridized carbons (Fsp3) is 0.500. The van der Waals surface area contributed by atoms with Crippen LogP contribution in [-0.2, 0) is 10.0 Å². The van der Waals surface area contributed by atoms with Crippen molar-refractivity contribution in [3.05, 3.63) is 28.3 Å². The van der Waals surface area contributed by atoms with E-state index in [-0.39, 0.29) is 21.7 Å². The second-order valence-electron chi connectivity index (χ2n) is 5.83. The van der Waals surface area contributed by atoms with Gasteiger partial charge in [0, 0.05) is 19.2 Å². The van der Waals surface area contributed by atoms with Crippen molar-refractivity contribution in [1.29, 1.82) is 0 Å². The predicted octanol–water partition coefficient (Wildman–Crippen LogP) is 1.30. The van der Waals surface area contributed by atoms with Crippen molar-refractivity contribution in [2.45, 2.75) is 25.2 Å². The highest BCUT2D eigenvalue weighted by Gasteiger charge is 2.37. The number of nitro benzene ring substituents is 1. The fourth-order valence-corrected chi connectivity index (χ4v) is 4.01. The minimum absolute atomic E-state index is 0.0701. The Morgan fingerprint density at radius 2 is 2.10 bits per heavy atom. The molecule has 0 amide bonds. The van der Waals surface area contributed by atoms with Gasteiger partial charge in [0.2, 0.25) is 10.0 Å². The zero-order valence-corrected chi connectivity index (χ0v) is 12.7. The minimum atomic E-state index is -3.73. The average Bonchev–Trinajstić information content (AvgIpc) is 2.78. The molecule has 0 atom stereocenters. The van der Waals surface area contributed by atoms with Gasteiger partial charge < -0.3 is 5.43 Å². The zero-order chi connectivity index (χ0) is 15.8. The molecule has 116 valence electrons. The molecule has 1 aliphatic rings. The summed E-state index contributed by atoms with van der Waals surface area (Å²) in [5, 5.41) is 11.0. The molecule has 1 saturated heterocycles. The third-order valence-corrected chi connectivity index (χ3v) is 5.44. The van der Waals surface area contributed by atoms with Crippen LogP contribution in [0, 0.1) is 15.5 Å². The molecule has 1 aromatic carbocycles. The van der Waals surface area contributed by atoms with Crippen LogP contribution in [0.1, 0.15) is 20.3 Å². The number of nitro groups is 1. The maximum Gasteiger partial charge on any atom is 0.294 e. The molecule has 0 aliphatic carbocycles. The molecule has 1 heterocycles. The third kappa shape index (κ3) is 2.99. The van der Waals surface area contributed by atoms with E-state index >= 15 is 0 Å². The van der Waals surface area contributed by atoms with E-state index in [1.165, 1.54) is 16.4 Å². The Morgan fingerprint density at radius 1 is 1.43 bits per heavy atom. The first-order valence-corrected chi connectivity index (χ1v) is 7.87. The van der Waals surface area contributed by atoms with Crippen molar-refractivity contribution in [2.24, 2.45) is 11.3 Å². The lowest BCUT2D eigenvalue weighted by molar-refractivity contribution is -0.384. The van der Waals surface area contributed by atoms with Crippen LogP contribution in [0.5, 0.6) is 0 Å². The Kier molecular flexibility index (Phi) is 3.91. The molecule has 1 aromatic rings. The number of nitrogens with one attached hydrogen (secondary N) is 1. The minimum Gasteiger partial charge on any atom is -0.318 e. The summed E-state index contributed by atoms with van der Waals surface area (Å²) in [5.41, 5.74) is 1.81. The summed E-state index contributed by atoms with van der Waals surface area (Å²) < 4.78 is 26.5. The van der Waals surface area contributed by atoms with E-state index < -0.39 is 14.9 Å². The summed E-state index contributed by atoms with van der Waals surface area (Å²) >= 11 is 0. The number of hydrogen-bond acceptors (Lipinski definition) is 6. The van der Waals surface area contributed by atoms with E-state index in [9.17, 15) is 18.5 Å². The highest BCUT2D eigenvalue weighted by Crippen LogP contribution is 2.34. The molecule has 3 N–H and O–H groups in total. The van der Waals surface area contributed by atoms with E-state index in [0.29, 0.717) is 13.1 Å². The Morgan fingerprint density at radius 3 is 2.57 bits per heavy atom. The molecule has 0 saturated carbocycles. The largest absolute Gasteiger partial charge is 0.318 e. The Balaban J connectivity index is 2.42. The van der Waals surface area contributed by atoms with Gasteiger partial charge in [0.25, 0.3) is 5.69 Å². The molecule has 9 heteroatoms. The number of hydrazine groups is 1. The first-order valence-electron chi connectivity index (χ1n) is 6.43. The van der Waals surface area contributed by atoms with Crippen LogP contribution in [0.15, 0.2) is 23.1 Å². The molecule has 0 aromatic heterocycles. The van der Waals surface area contributed by atoms with E-state index in [4.69, 9.17) is 5.84 Å².